The highest BCUT2D eigenvalue weighted by atomic mass is 79.9. The van der Waals surface area contributed by atoms with Gasteiger partial charge in [-0.05, 0) is 24.1 Å². The Morgan fingerprint density at radius 3 is 2.55 bits per heavy atom. The van der Waals surface area contributed by atoms with E-state index in [2.05, 4.69) is 21.2 Å². The van der Waals surface area contributed by atoms with Crippen LogP contribution in [0.15, 0.2) is 53.0 Å². The Balaban J connectivity index is 1.93. The number of rotatable bonds is 6. The van der Waals surface area contributed by atoms with Gasteiger partial charge in [0.15, 0.2) is 0 Å². The lowest BCUT2D eigenvalue weighted by Crippen LogP contribution is -2.34. The minimum absolute atomic E-state index is 0.0209. The minimum atomic E-state index is -0.247. The van der Waals surface area contributed by atoms with Gasteiger partial charge in [0, 0.05) is 22.6 Å². The zero-order valence-electron chi connectivity index (χ0n) is 11.0. The molecule has 0 amide bonds. The van der Waals surface area contributed by atoms with Crippen LogP contribution in [0.25, 0.3) is 0 Å². The largest absolute Gasteiger partial charge is 0.395 e. The number of aliphatic hydroxyl groups excluding tert-OH is 1. The highest BCUT2D eigenvalue weighted by molar-refractivity contribution is 9.10. The van der Waals surface area contributed by atoms with E-state index in [0.29, 0.717) is 12.1 Å². The lowest BCUT2D eigenvalue weighted by molar-refractivity contribution is 0.240. The van der Waals surface area contributed by atoms with E-state index in [0.717, 1.165) is 16.5 Å². The molecule has 0 saturated heterocycles. The lowest BCUT2D eigenvalue weighted by Gasteiger charge is -2.16. The summed E-state index contributed by atoms with van der Waals surface area (Å²) in [5, 5.41) is 12.6. The molecule has 0 bridgehead atoms. The summed E-state index contributed by atoms with van der Waals surface area (Å²) in [4.78, 5) is 0. The van der Waals surface area contributed by atoms with Crippen molar-refractivity contribution in [2.75, 3.05) is 6.61 Å². The van der Waals surface area contributed by atoms with Gasteiger partial charge >= 0.3 is 0 Å². The number of hydrogen-bond donors (Lipinski definition) is 2. The highest BCUT2D eigenvalue weighted by Gasteiger charge is 2.09. The van der Waals surface area contributed by atoms with Crippen molar-refractivity contribution in [3.05, 3.63) is 69.9 Å². The second-order valence-corrected chi connectivity index (χ2v) is 5.60. The number of halogens is 2. The molecule has 0 spiro atoms. The molecule has 0 saturated carbocycles. The van der Waals surface area contributed by atoms with Gasteiger partial charge in [0.05, 0.1) is 6.61 Å². The maximum atomic E-state index is 13.7. The number of hydrogen-bond acceptors (Lipinski definition) is 2. The summed E-state index contributed by atoms with van der Waals surface area (Å²) in [7, 11) is 0. The van der Waals surface area contributed by atoms with Gasteiger partial charge in [0.1, 0.15) is 5.82 Å². The fourth-order valence-corrected chi connectivity index (χ4v) is 2.35. The van der Waals surface area contributed by atoms with Crippen LogP contribution in [-0.2, 0) is 13.0 Å². The molecule has 0 heterocycles. The van der Waals surface area contributed by atoms with Crippen LogP contribution >= 0.6 is 15.9 Å². The van der Waals surface area contributed by atoms with Crippen molar-refractivity contribution < 1.29 is 9.50 Å². The van der Waals surface area contributed by atoms with Crippen molar-refractivity contribution in [2.24, 2.45) is 0 Å². The van der Waals surface area contributed by atoms with E-state index in [1.807, 2.05) is 36.4 Å². The van der Waals surface area contributed by atoms with E-state index < -0.39 is 0 Å². The maximum Gasteiger partial charge on any atom is 0.128 e. The number of aliphatic hydroxyl groups is 1. The average molecular weight is 338 g/mol. The second-order valence-electron chi connectivity index (χ2n) is 4.69. The van der Waals surface area contributed by atoms with Crippen LogP contribution in [0.3, 0.4) is 0 Å². The average Bonchev–Trinajstić information content (AvgIpc) is 2.46. The van der Waals surface area contributed by atoms with E-state index >= 15 is 0 Å². The summed E-state index contributed by atoms with van der Waals surface area (Å²) >= 11 is 3.23. The van der Waals surface area contributed by atoms with Crippen LogP contribution in [-0.4, -0.2) is 17.8 Å². The first kappa shape index (κ1) is 15.2. The predicted molar refractivity (Wildman–Crippen MR) is 82.0 cm³/mol. The molecular formula is C16H17BrFNO. The minimum Gasteiger partial charge on any atom is -0.395 e. The van der Waals surface area contributed by atoms with Crippen molar-refractivity contribution in [1.29, 1.82) is 0 Å². The second kappa shape index (κ2) is 7.53. The smallest absolute Gasteiger partial charge is 0.128 e. The van der Waals surface area contributed by atoms with Gasteiger partial charge < -0.3 is 10.4 Å². The molecule has 106 valence electrons. The summed E-state index contributed by atoms with van der Waals surface area (Å²) in [6.45, 7) is 0.421. The molecule has 0 radical (unpaired) electrons. The molecule has 2 N–H and O–H groups in total. The topological polar surface area (TPSA) is 32.3 Å². The van der Waals surface area contributed by atoms with Gasteiger partial charge in [-0.1, -0.05) is 52.3 Å². The fourth-order valence-electron chi connectivity index (χ4n) is 2.02. The molecule has 2 rings (SSSR count). The molecule has 0 aliphatic carbocycles. The summed E-state index contributed by atoms with van der Waals surface area (Å²) in [6, 6.07) is 14.9. The van der Waals surface area contributed by atoms with E-state index in [9.17, 15) is 9.50 Å². The molecule has 4 heteroatoms. The summed E-state index contributed by atoms with van der Waals surface area (Å²) in [6.07, 6.45) is 0.718. The normalized spacial score (nSPS) is 12.3. The number of benzene rings is 2. The molecule has 2 aromatic rings. The fraction of sp³-hybridized carbons (Fsp3) is 0.250. The van der Waals surface area contributed by atoms with Crippen molar-refractivity contribution >= 4 is 15.9 Å². The molecule has 0 unspecified atom stereocenters. The Bertz CT molecular complexity index is 547. The Kier molecular flexibility index (Phi) is 5.71. The van der Waals surface area contributed by atoms with Gasteiger partial charge in [0.2, 0.25) is 0 Å². The van der Waals surface area contributed by atoms with Crippen molar-refractivity contribution in [1.82, 2.24) is 5.32 Å². The Labute approximate surface area is 126 Å². The van der Waals surface area contributed by atoms with E-state index in [1.54, 1.807) is 6.07 Å². The summed E-state index contributed by atoms with van der Waals surface area (Å²) in [5.41, 5.74) is 1.75. The first-order chi connectivity index (χ1) is 9.69. The molecule has 0 fully saturated rings. The van der Waals surface area contributed by atoms with Crippen LogP contribution in [0.1, 0.15) is 11.1 Å². The molecule has 1 atom stereocenters. The molecule has 2 nitrogen and oxygen atoms in total. The molecule has 0 aliphatic rings. The van der Waals surface area contributed by atoms with Gasteiger partial charge in [-0.2, -0.15) is 0 Å². The zero-order valence-corrected chi connectivity index (χ0v) is 12.6. The predicted octanol–water partition coefficient (Wildman–Crippen LogP) is 3.28. The summed E-state index contributed by atoms with van der Waals surface area (Å²) in [5.74, 6) is -0.247. The SMILES string of the molecule is OC[C@@H](Cc1ccccc1)NCc1ccc(Br)cc1F. The standard InChI is InChI=1S/C16H17BrFNO/c17-14-7-6-13(16(18)9-14)10-19-15(11-20)8-12-4-2-1-3-5-12/h1-7,9,15,19-20H,8,10-11H2/t15-/m1/s1. The maximum absolute atomic E-state index is 13.7. The summed E-state index contributed by atoms with van der Waals surface area (Å²) < 4.78 is 14.4. The van der Waals surface area contributed by atoms with Crippen LogP contribution in [0, 0.1) is 5.82 Å². The molecule has 2 aromatic carbocycles. The molecule has 0 aliphatic heterocycles. The molecule has 0 aromatic heterocycles. The third kappa shape index (κ3) is 4.40. The van der Waals surface area contributed by atoms with Crippen molar-refractivity contribution in [2.45, 2.75) is 19.0 Å². The first-order valence-electron chi connectivity index (χ1n) is 6.51. The van der Waals surface area contributed by atoms with Crippen LogP contribution in [0.5, 0.6) is 0 Å². The van der Waals surface area contributed by atoms with Crippen LogP contribution < -0.4 is 5.32 Å². The van der Waals surface area contributed by atoms with Crippen molar-refractivity contribution in [3.63, 3.8) is 0 Å². The number of nitrogens with one attached hydrogen (secondary N) is 1. The highest BCUT2D eigenvalue weighted by Crippen LogP contribution is 2.15. The van der Waals surface area contributed by atoms with Gasteiger partial charge in [0.25, 0.3) is 0 Å². The Morgan fingerprint density at radius 2 is 1.90 bits per heavy atom. The zero-order chi connectivity index (χ0) is 14.4. The lowest BCUT2D eigenvalue weighted by atomic mass is 10.1. The third-order valence-corrected chi connectivity index (χ3v) is 3.63. The first-order valence-corrected chi connectivity index (χ1v) is 7.30. The van der Waals surface area contributed by atoms with Gasteiger partial charge in [-0.3, -0.25) is 0 Å². The third-order valence-electron chi connectivity index (χ3n) is 3.14. The van der Waals surface area contributed by atoms with E-state index in [4.69, 9.17) is 0 Å². The van der Waals surface area contributed by atoms with Crippen LogP contribution in [0.4, 0.5) is 4.39 Å². The molecule has 20 heavy (non-hydrogen) atoms. The van der Waals surface area contributed by atoms with Crippen LogP contribution in [0.2, 0.25) is 0 Å². The Hall–Kier alpha value is -1.23. The van der Waals surface area contributed by atoms with Gasteiger partial charge in [-0.15, -0.1) is 0 Å². The van der Waals surface area contributed by atoms with E-state index in [1.165, 1.54) is 6.07 Å². The quantitative estimate of drug-likeness (QED) is 0.847. The van der Waals surface area contributed by atoms with E-state index in [-0.39, 0.29) is 18.5 Å². The molecular weight excluding hydrogens is 321 g/mol. The Morgan fingerprint density at radius 1 is 1.15 bits per heavy atom. The van der Waals surface area contributed by atoms with Gasteiger partial charge in [-0.25, -0.2) is 4.39 Å². The monoisotopic (exact) mass is 337 g/mol. The van der Waals surface area contributed by atoms with Crippen molar-refractivity contribution in [3.8, 4) is 0 Å².